The zero-order valence-electron chi connectivity index (χ0n) is 41.5. The average molecular weight is 814 g/mol. The van der Waals surface area contributed by atoms with Crippen LogP contribution in [0, 0.1) is 29.1 Å². The quantitative estimate of drug-likeness (QED) is 0.144. The van der Waals surface area contributed by atoms with Crippen molar-refractivity contribution < 1.29 is 4.39 Å². The van der Waals surface area contributed by atoms with Gasteiger partial charge in [0.05, 0.1) is 0 Å². The highest BCUT2D eigenvalue weighted by Gasteiger charge is 2.38. The van der Waals surface area contributed by atoms with E-state index in [0.717, 1.165) is 30.7 Å². The van der Waals surface area contributed by atoms with Crippen LogP contribution in [-0.4, -0.2) is 42.8 Å². The fraction of sp³-hybridized carbons (Fsp3) is 0.704. The van der Waals surface area contributed by atoms with E-state index in [1.165, 1.54) is 101 Å². The van der Waals surface area contributed by atoms with Crippen molar-refractivity contribution in [2.45, 2.75) is 197 Å². The van der Waals surface area contributed by atoms with E-state index in [2.05, 4.69) is 125 Å². The molecule has 0 amide bonds. The lowest BCUT2D eigenvalue weighted by atomic mass is 9.69. The summed E-state index contributed by atoms with van der Waals surface area (Å²) in [6, 6.07) is 0.888. The van der Waals surface area contributed by atoms with Crippen LogP contribution in [0.15, 0.2) is 99.7 Å². The van der Waals surface area contributed by atoms with E-state index in [1.807, 2.05) is 26.8 Å². The van der Waals surface area contributed by atoms with Crippen molar-refractivity contribution in [2.75, 3.05) is 20.1 Å². The molecule has 0 radical (unpaired) electrons. The Hall–Kier alpha value is -2.27. The number of hydrogen-bond donors (Lipinski definition) is 2. The Balaban J connectivity index is -0.000000208. The highest BCUT2D eigenvalue weighted by Crippen LogP contribution is 2.42. The van der Waals surface area contributed by atoms with E-state index in [4.69, 9.17) is 11.5 Å². The SMILES string of the molecule is C=C.C=CC.C=CC(=C)C(CC1CCC1)C(CCC)C1CCCN1C.C=CC(N)C(C)(C)C.C=CCN.CC.CC(C)(F)C1CC1.CCC.CCCC1=CCCC=C1. The van der Waals surface area contributed by atoms with E-state index in [1.54, 1.807) is 32.1 Å². The molecule has 2 saturated carbocycles. The highest BCUT2D eigenvalue weighted by molar-refractivity contribution is 5.21. The van der Waals surface area contributed by atoms with Crippen LogP contribution >= 0.6 is 0 Å². The van der Waals surface area contributed by atoms with Gasteiger partial charge in [0.1, 0.15) is 5.67 Å². The van der Waals surface area contributed by atoms with Crippen LogP contribution in [0.3, 0.4) is 0 Å². The van der Waals surface area contributed by atoms with E-state index in [-0.39, 0.29) is 11.5 Å². The number of nitrogens with two attached hydrogens (primary N) is 2. The Morgan fingerprint density at radius 2 is 1.43 bits per heavy atom. The lowest BCUT2D eigenvalue weighted by Gasteiger charge is -2.39. The second-order valence-corrected chi connectivity index (χ2v) is 17.2. The van der Waals surface area contributed by atoms with Gasteiger partial charge in [-0.15, -0.1) is 32.9 Å². The van der Waals surface area contributed by atoms with Gasteiger partial charge in [0, 0.05) is 18.6 Å². The summed E-state index contributed by atoms with van der Waals surface area (Å²) in [5.41, 5.74) is 12.7. The normalized spacial score (nSPS) is 18.1. The number of rotatable bonds is 13. The van der Waals surface area contributed by atoms with Crippen LogP contribution in [0.2, 0.25) is 0 Å². The number of nitrogens with zero attached hydrogens (tertiary/aromatic N) is 1. The van der Waals surface area contributed by atoms with Gasteiger partial charge in [0.2, 0.25) is 0 Å². The molecule has 4 atom stereocenters. The summed E-state index contributed by atoms with van der Waals surface area (Å²) in [4.78, 5) is 2.60. The molecular weight excluding hydrogens is 710 g/mol. The van der Waals surface area contributed by atoms with Gasteiger partial charge < -0.3 is 16.4 Å². The minimum absolute atomic E-state index is 0.113. The molecule has 0 bridgehead atoms. The monoisotopic (exact) mass is 814 g/mol. The van der Waals surface area contributed by atoms with Crippen LogP contribution in [0.1, 0.15) is 179 Å². The maximum absolute atomic E-state index is 12.6. The summed E-state index contributed by atoms with van der Waals surface area (Å²) in [7, 11) is 2.32. The fourth-order valence-electron chi connectivity index (χ4n) is 6.58. The summed E-state index contributed by atoms with van der Waals surface area (Å²) in [5.74, 6) is 2.80. The molecule has 342 valence electrons. The molecule has 4 unspecified atom stereocenters. The van der Waals surface area contributed by atoms with Gasteiger partial charge in [-0.3, -0.25) is 0 Å². The van der Waals surface area contributed by atoms with E-state index >= 15 is 0 Å². The lowest BCUT2D eigenvalue weighted by Crippen LogP contribution is -2.38. The van der Waals surface area contributed by atoms with Crippen LogP contribution in [0.25, 0.3) is 0 Å². The Kier molecular flexibility index (Phi) is 47.9. The Morgan fingerprint density at radius 1 is 0.914 bits per heavy atom. The molecule has 58 heavy (non-hydrogen) atoms. The number of hydrogen-bond acceptors (Lipinski definition) is 3. The van der Waals surface area contributed by atoms with Crippen LogP contribution in [-0.2, 0) is 0 Å². The van der Waals surface area contributed by atoms with Gasteiger partial charge in [-0.25, -0.2) is 4.39 Å². The molecule has 3 aliphatic carbocycles. The molecule has 0 aromatic rings. The number of halogens is 1. The molecule has 4 N–H and O–H groups in total. The second kappa shape index (κ2) is 42.8. The summed E-state index contributed by atoms with van der Waals surface area (Å²) < 4.78 is 12.6. The number of allylic oxidation sites excluding steroid dienone is 7. The van der Waals surface area contributed by atoms with Gasteiger partial charge >= 0.3 is 0 Å². The topological polar surface area (TPSA) is 55.3 Å². The van der Waals surface area contributed by atoms with Crippen molar-refractivity contribution in [3.8, 4) is 0 Å². The zero-order chi connectivity index (χ0) is 46.2. The highest BCUT2D eigenvalue weighted by atomic mass is 19.1. The van der Waals surface area contributed by atoms with Gasteiger partial charge in [-0.05, 0) is 121 Å². The van der Waals surface area contributed by atoms with Gasteiger partial charge in [0.15, 0.2) is 0 Å². The van der Waals surface area contributed by atoms with Crippen molar-refractivity contribution >= 4 is 0 Å². The minimum atomic E-state index is -0.889. The molecule has 1 aliphatic heterocycles. The Bertz CT molecular complexity index is 1020. The van der Waals surface area contributed by atoms with E-state index in [9.17, 15) is 4.39 Å². The van der Waals surface area contributed by atoms with Gasteiger partial charge in [0.25, 0.3) is 0 Å². The lowest BCUT2D eigenvalue weighted by molar-refractivity contribution is 0.143. The van der Waals surface area contributed by atoms with E-state index < -0.39 is 5.67 Å². The van der Waals surface area contributed by atoms with Crippen molar-refractivity contribution in [3.05, 3.63) is 99.7 Å². The first-order valence-corrected chi connectivity index (χ1v) is 23.3. The zero-order valence-corrected chi connectivity index (χ0v) is 41.5. The third kappa shape index (κ3) is 36.8. The number of alkyl halides is 1. The molecule has 3 nitrogen and oxygen atoms in total. The maximum Gasteiger partial charge on any atom is 0.108 e. The molecular formula is C54H104FN3. The standard InChI is InChI=1S/C19H33N.C9H14.C7H15N.C6H11F.C3H7N.C3H8.C3H6.C2H6.C2H4/c1-5-9-17(19-12-8-13-20(19)4)18(15(3)6-2)14-16-10-7-11-16;1-2-6-9-7-4-3-5-8-9;1-5-6(8)7(2,3)4;1-6(2,7)5-3-4-5;1-2-3-4;2*1-3-2;2*1-2/h6,16-19H,2-3,5,7-14H2,1,4H3;4,7-8H,2-3,5-6H2,1H3;5-6H,1,8H2,2-4H3;5H,3-4H2,1-2H3;2H,1,3-4H2;3H2,1-2H3;3H,1H2,2H3;1-2H3;1-2H2. The maximum atomic E-state index is 12.6. The Morgan fingerprint density at radius 3 is 1.67 bits per heavy atom. The summed E-state index contributed by atoms with van der Waals surface area (Å²) >= 11 is 0. The summed E-state index contributed by atoms with van der Waals surface area (Å²) in [6.45, 7) is 50.8. The molecule has 4 aliphatic rings. The first-order valence-electron chi connectivity index (χ1n) is 23.3. The number of likely N-dealkylation sites (tertiary alicyclic amines) is 1. The molecule has 4 rings (SSSR count). The van der Waals surface area contributed by atoms with Gasteiger partial charge in [-0.2, -0.15) is 0 Å². The minimum Gasteiger partial charge on any atom is -0.327 e. The molecule has 3 fully saturated rings. The molecule has 0 spiro atoms. The summed E-state index contributed by atoms with van der Waals surface area (Å²) in [5, 5.41) is 0. The predicted molar refractivity (Wildman–Crippen MR) is 269 cm³/mol. The first kappa shape index (κ1) is 64.9. The molecule has 0 aromatic carbocycles. The molecule has 4 heteroatoms. The fourth-order valence-corrected chi connectivity index (χ4v) is 6.58. The van der Waals surface area contributed by atoms with Crippen LogP contribution < -0.4 is 11.5 Å². The largest absolute Gasteiger partial charge is 0.327 e. The molecule has 1 heterocycles. The van der Waals surface area contributed by atoms with Crippen LogP contribution in [0.5, 0.6) is 0 Å². The third-order valence-corrected chi connectivity index (χ3v) is 10.3. The smallest absolute Gasteiger partial charge is 0.108 e. The summed E-state index contributed by atoms with van der Waals surface area (Å²) in [6.07, 6.45) is 33.7. The van der Waals surface area contributed by atoms with E-state index in [0.29, 0.717) is 18.4 Å². The van der Waals surface area contributed by atoms with Crippen molar-refractivity contribution in [1.82, 2.24) is 4.90 Å². The molecule has 0 aromatic heterocycles. The second-order valence-electron chi connectivity index (χ2n) is 17.2. The molecule has 1 saturated heterocycles. The first-order chi connectivity index (χ1) is 27.4. The van der Waals surface area contributed by atoms with Crippen molar-refractivity contribution in [3.63, 3.8) is 0 Å². The van der Waals surface area contributed by atoms with Crippen molar-refractivity contribution in [2.24, 2.45) is 40.6 Å². The average Bonchev–Trinajstić information content (AvgIpc) is 3.98. The van der Waals surface area contributed by atoms with Gasteiger partial charge in [-0.1, -0.05) is 168 Å². The third-order valence-electron chi connectivity index (χ3n) is 10.3. The Labute approximate surface area is 365 Å². The predicted octanol–water partition coefficient (Wildman–Crippen LogP) is 16.4. The van der Waals surface area contributed by atoms with Crippen LogP contribution in [0.4, 0.5) is 4.39 Å². The van der Waals surface area contributed by atoms with Crippen molar-refractivity contribution in [1.29, 1.82) is 0 Å².